The van der Waals surface area contributed by atoms with Crippen LogP contribution in [0.1, 0.15) is 49.7 Å². The molecule has 2 unspecified atom stereocenters. The Kier molecular flexibility index (Phi) is 11.4. The standard InChI is InChI=1S/C57H47N7/c1-3-41(39-40(2)42-26-32-47(33-27-42)56-59-52-25-16-38-58-57(52)64(56)50-23-14-7-15-24-50)43-28-30-45(31-29-43)54-60-53(44-17-8-4-9-18-44)61-55(62-54)46-34-36-51(37-35-46)63(48-19-10-5-11-20-48)49-21-12-6-13-22-49/h4-38,40-41H,3,39H2,1-2H3. The van der Waals surface area contributed by atoms with E-state index in [0.717, 1.165) is 74.8 Å². The number of nitrogens with zero attached hydrogens (tertiary/aromatic N) is 7. The van der Waals surface area contributed by atoms with Gasteiger partial charge in [-0.3, -0.25) is 4.57 Å². The second-order valence-corrected chi connectivity index (χ2v) is 16.2. The zero-order valence-electron chi connectivity index (χ0n) is 35.9. The number of anilines is 3. The van der Waals surface area contributed by atoms with E-state index in [2.05, 4.69) is 174 Å². The maximum Gasteiger partial charge on any atom is 0.164 e. The molecule has 3 heterocycles. The molecular weight excluding hydrogens is 783 g/mol. The smallest absolute Gasteiger partial charge is 0.164 e. The molecule has 3 aromatic heterocycles. The average Bonchev–Trinajstić information content (AvgIpc) is 3.77. The number of para-hydroxylation sites is 3. The Balaban J connectivity index is 0.901. The van der Waals surface area contributed by atoms with Crippen LogP contribution in [0.2, 0.25) is 0 Å². The molecule has 10 aromatic rings. The van der Waals surface area contributed by atoms with Crippen LogP contribution in [0.3, 0.4) is 0 Å². The van der Waals surface area contributed by atoms with E-state index >= 15 is 0 Å². The van der Waals surface area contributed by atoms with Crippen LogP contribution < -0.4 is 4.90 Å². The van der Waals surface area contributed by atoms with E-state index < -0.39 is 0 Å². The summed E-state index contributed by atoms with van der Waals surface area (Å²) in [6.45, 7) is 4.62. The van der Waals surface area contributed by atoms with Gasteiger partial charge in [0.05, 0.1) is 0 Å². The zero-order valence-corrected chi connectivity index (χ0v) is 35.9. The van der Waals surface area contributed by atoms with Crippen LogP contribution in [-0.2, 0) is 0 Å². The van der Waals surface area contributed by atoms with Crippen molar-refractivity contribution in [2.24, 2.45) is 0 Å². The first-order valence-corrected chi connectivity index (χ1v) is 22.0. The fourth-order valence-corrected chi connectivity index (χ4v) is 8.61. The number of imidazole rings is 1. The molecule has 7 heteroatoms. The third-order valence-electron chi connectivity index (χ3n) is 12.0. The number of hydrogen-bond acceptors (Lipinski definition) is 6. The number of rotatable bonds is 13. The van der Waals surface area contributed by atoms with Crippen LogP contribution in [0.4, 0.5) is 17.1 Å². The summed E-state index contributed by atoms with van der Waals surface area (Å²) in [6, 6.07) is 71.5. The van der Waals surface area contributed by atoms with Gasteiger partial charge in [-0.1, -0.05) is 147 Å². The summed E-state index contributed by atoms with van der Waals surface area (Å²) in [4.78, 5) is 27.1. The van der Waals surface area contributed by atoms with Crippen LogP contribution in [0.15, 0.2) is 212 Å². The van der Waals surface area contributed by atoms with E-state index in [4.69, 9.17) is 19.9 Å². The van der Waals surface area contributed by atoms with Gasteiger partial charge < -0.3 is 4.90 Å². The van der Waals surface area contributed by atoms with Crippen molar-refractivity contribution in [3.05, 3.63) is 224 Å². The Morgan fingerprint density at radius 3 is 1.48 bits per heavy atom. The van der Waals surface area contributed by atoms with Crippen LogP contribution in [0.5, 0.6) is 0 Å². The van der Waals surface area contributed by atoms with E-state index in [9.17, 15) is 0 Å². The third kappa shape index (κ3) is 8.31. The zero-order chi connectivity index (χ0) is 43.2. The van der Waals surface area contributed by atoms with Crippen LogP contribution in [-0.4, -0.2) is 29.5 Å². The van der Waals surface area contributed by atoms with E-state index in [1.807, 2.05) is 66.9 Å². The molecule has 7 nitrogen and oxygen atoms in total. The molecule has 0 N–H and O–H groups in total. The van der Waals surface area contributed by atoms with Gasteiger partial charge in [-0.25, -0.2) is 24.9 Å². The van der Waals surface area contributed by atoms with E-state index in [1.165, 1.54) is 11.1 Å². The van der Waals surface area contributed by atoms with Gasteiger partial charge in [0.2, 0.25) is 0 Å². The van der Waals surface area contributed by atoms with Crippen molar-refractivity contribution in [3.8, 4) is 51.2 Å². The summed E-state index contributed by atoms with van der Waals surface area (Å²) in [5, 5.41) is 0. The Morgan fingerprint density at radius 1 is 0.453 bits per heavy atom. The summed E-state index contributed by atoms with van der Waals surface area (Å²) in [7, 11) is 0. The fourth-order valence-electron chi connectivity index (χ4n) is 8.61. The molecule has 0 amide bonds. The predicted molar refractivity (Wildman–Crippen MR) is 261 cm³/mol. The molecule has 2 atom stereocenters. The lowest BCUT2D eigenvalue weighted by Crippen LogP contribution is -2.09. The highest BCUT2D eigenvalue weighted by Gasteiger charge is 2.20. The Labute approximate surface area is 374 Å². The maximum atomic E-state index is 5.09. The monoisotopic (exact) mass is 829 g/mol. The van der Waals surface area contributed by atoms with E-state index in [1.54, 1.807) is 0 Å². The summed E-state index contributed by atoms with van der Waals surface area (Å²) in [5.41, 5.74) is 12.5. The summed E-state index contributed by atoms with van der Waals surface area (Å²) in [6.07, 6.45) is 3.89. The third-order valence-corrected chi connectivity index (χ3v) is 12.0. The number of aromatic nitrogens is 6. The summed E-state index contributed by atoms with van der Waals surface area (Å²) >= 11 is 0. The molecule has 0 aliphatic rings. The lowest BCUT2D eigenvalue weighted by atomic mass is 9.84. The second-order valence-electron chi connectivity index (χ2n) is 16.2. The predicted octanol–water partition coefficient (Wildman–Crippen LogP) is 14.4. The van der Waals surface area contributed by atoms with Gasteiger partial charge in [-0.2, -0.15) is 0 Å². The molecule has 0 aliphatic heterocycles. The summed E-state index contributed by atoms with van der Waals surface area (Å²) < 4.78 is 2.15. The van der Waals surface area contributed by atoms with Gasteiger partial charge in [0.1, 0.15) is 11.3 Å². The Bertz CT molecular complexity index is 3060. The van der Waals surface area contributed by atoms with Crippen LogP contribution in [0, 0.1) is 0 Å². The summed E-state index contributed by atoms with van der Waals surface area (Å²) in [5.74, 6) is 3.55. The average molecular weight is 830 g/mol. The normalized spacial score (nSPS) is 12.2. The fraction of sp³-hybridized carbons (Fsp3) is 0.105. The first kappa shape index (κ1) is 40.1. The van der Waals surface area contributed by atoms with Crippen molar-refractivity contribution < 1.29 is 0 Å². The topological polar surface area (TPSA) is 72.6 Å². The van der Waals surface area contributed by atoms with Gasteiger partial charge in [0.25, 0.3) is 0 Å². The van der Waals surface area contributed by atoms with Gasteiger partial charge in [-0.15, -0.1) is 0 Å². The lowest BCUT2D eigenvalue weighted by molar-refractivity contribution is 0.544. The lowest BCUT2D eigenvalue weighted by Gasteiger charge is -2.25. The highest BCUT2D eigenvalue weighted by Crippen LogP contribution is 2.37. The molecule has 64 heavy (non-hydrogen) atoms. The number of pyridine rings is 1. The Morgan fingerprint density at radius 2 is 0.922 bits per heavy atom. The number of hydrogen-bond donors (Lipinski definition) is 0. The largest absolute Gasteiger partial charge is 0.311 e. The van der Waals surface area contributed by atoms with Crippen molar-refractivity contribution in [2.45, 2.75) is 38.5 Å². The van der Waals surface area contributed by atoms with Crippen molar-refractivity contribution in [2.75, 3.05) is 4.90 Å². The molecule has 10 rings (SSSR count). The molecule has 0 bridgehead atoms. The molecule has 0 saturated carbocycles. The molecular formula is C57H47N7. The van der Waals surface area contributed by atoms with Gasteiger partial charge in [-0.05, 0) is 109 Å². The molecule has 0 fully saturated rings. The molecule has 0 radical (unpaired) electrons. The first-order valence-electron chi connectivity index (χ1n) is 22.0. The minimum atomic E-state index is 0.353. The van der Waals surface area contributed by atoms with Crippen molar-refractivity contribution >= 4 is 28.2 Å². The van der Waals surface area contributed by atoms with Crippen LogP contribution >= 0.6 is 0 Å². The quantitative estimate of drug-likeness (QED) is 0.115. The van der Waals surface area contributed by atoms with E-state index in [-0.39, 0.29) is 0 Å². The van der Waals surface area contributed by atoms with Gasteiger partial charge in [0, 0.05) is 51.2 Å². The highest BCUT2D eigenvalue weighted by molar-refractivity contribution is 5.80. The minimum Gasteiger partial charge on any atom is -0.311 e. The Hall–Kier alpha value is -8.03. The van der Waals surface area contributed by atoms with Crippen molar-refractivity contribution in [1.82, 2.24) is 29.5 Å². The van der Waals surface area contributed by atoms with Gasteiger partial charge >= 0.3 is 0 Å². The highest BCUT2D eigenvalue weighted by atomic mass is 15.1. The second kappa shape index (κ2) is 18.1. The first-order chi connectivity index (χ1) is 31.6. The molecule has 0 saturated heterocycles. The molecule has 0 aliphatic carbocycles. The van der Waals surface area contributed by atoms with Crippen LogP contribution in [0.25, 0.3) is 62.4 Å². The number of benzene rings is 7. The minimum absolute atomic E-state index is 0.353. The number of fused-ring (bicyclic) bond motifs is 1. The van der Waals surface area contributed by atoms with Crippen molar-refractivity contribution in [3.63, 3.8) is 0 Å². The van der Waals surface area contributed by atoms with Gasteiger partial charge in [0.15, 0.2) is 23.1 Å². The van der Waals surface area contributed by atoms with E-state index in [0.29, 0.717) is 29.3 Å². The molecule has 310 valence electrons. The molecule has 7 aromatic carbocycles. The SMILES string of the molecule is CCC(CC(C)c1ccc(-c2nc3cccnc3n2-c2ccccc2)cc1)c1ccc(-c2nc(-c3ccccc3)nc(-c3ccc(N(c4ccccc4)c4ccccc4)cc3)n2)cc1. The molecule has 0 spiro atoms. The van der Waals surface area contributed by atoms with Crippen molar-refractivity contribution in [1.29, 1.82) is 0 Å². The maximum absolute atomic E-state index is 5.09.